The van der Waals surface area contributed by atoms with Gasteiger partial charge in [-0.15, -0.1) is 0 Å². The van der Waals surface area contributed by atoms with E-state index in [1.807, 2.05) is 30.0 Å². The summed E-state index contributed by atoms with van der Waals surface area (Å²) in [5, 5.41) is 8.47. The van der Waals surface area contributed by atoms with Crippen molar-refractivity contribution in [3.8, 4) is 5.69 Å². The Labute approximate surface area is 180 Å². The Hall–Kier alpha value is -3.74. The third-order valence-corrected chi connectivity index (χ3v) is 5.96. The van der Waals surface area contributed by atoms with Gasteiger partial charge in [-0.1, -0.05) is 18.2 Å². The molecule has 2 aromatic heterocycles. The highest BCUT2D eigenvalue weighted by Gasteiger charge is 2.35. The van der Waals surface area contributed by atoms with Gasteiger partial charge in [0.2, 0.25) is 0 Å². The number of likely N-dealkylation sites (tertiary alicyclic amines) is 1. The number of imidazole rings is 1. The number of H-pyrrole nitrogens is 1. The van der Waals surface area contributed by atoms with Gasteiger partial charge in [0.15, 0.2) is 0 Å². The fourth-order valence-corrected chi connectivity index (χ4v) is 4.19. The second-order valence-corrected chi connectivity index (χ2v) is 8.32. The molecule has 1 atom stereocenters. The van der Waals surface area contributed by atoms with Gasteiger partial charge in [0.25, 0.3) is 5.91 Å². The highest BCUT2D eigenvalue weighted by Crippen LogP contribution is 2.36. The summed E-state index contributed by atoms with van der Waals surface area (Å²) >= 11 is 0. The number of carbonyl (C=O) groups excluding carboxylic acids is 1. The van der Waals surface area contributed by atoms with Gasteiger partial charge in [-0.2, -0.15) is 15.0 Å². The first-order chi connectivity index (χ1) is 14.9. The molecule has 3 heterocycles. The van der Waals surface area contributed by atoms with Gasteiger partial charge in [0.1, 0.15) is 5.82 Å². The molecule has 156 valence electrons. The second-order valence-electron chi connectivity index (χ2n) is 8.32. The SMILES string of the molecule is C=C1CC(c2nc3cc(C)c(C)cc3[nH]2)N(C(=O)c2ccc(C)cc2-n2nccn2)C1. The molecule has 0 bridgehead atoms. The molecule has 1 aliphatic heterocycles. The Bertz CT molecular complexity index is 1280. The van der Waals surface area contributed by atoms with Crippen LogP contribution in [0.3, 0.4) is 0 Å². The van der Waals surface area contributed by atoms with Crippen molar-refractivity contribution < 1.29 is 4.79 Å². The molecule has 7 nitrogen and oxygen atoms in total. The lowest BCUT2D eigenvalue weighted by Gasteiger charge is -2.24. The lowest BCUT2D eigenvalue weighted by Crippen LogP contribution is -2.32. The zero-order chi connectivity index (χ0) is 21.7. The number of fused-ring (bicyclic) bond motifs is 1. The van der Waals surface area contributed by atoms with E-state index in [1.54, 1.807) is 12.4 Å². The van der Waals surface area contributed by atoms with Gasteiger partial charge >= 0.3 is 0 Å². The fourth-order valence-electron chi connectivity index (χ4n) is 4.19. The van der Waals surface area contributed by atoms with Gasteiger partial charge < -0.3 is 9.88 Å². The number of rotatable bonds is 3. The Balaban J connectivity index is 1.56. The zero-order valence-electron chi connectivity index (χ0n) is 17.9. The maximum atomic E-state index is 13.7. The van der Waals surface area contributed by atoms with Crippen LogP contribution >= 0.6 is 0 Å². The number of hydrogen-bond acceptors (Lipinski definition) is 4. The van der Waals surface area contributed by atoms with Gasteiger partial charge in [0.05, 0.1) is 40.7 Å². The number of hydrogen-bond donors (Lipinski definition) is 1. The molecule has 0 radical (unpaired) electrons. The van der Waals surface area contributed by atoms with Crippen molar-refractivity contribution in [2.45, 2.75) is 33.2 Å². The molecule has 1 amide bonds. The molecule has 1 N–H and O–H groups in total. The van der Waals surface area contributed by atoms with Crippen LogP contribution in [-0.2, 0) is 0 Å². The minimum Gasteiger partial charge on any atom is -0.340 e. The minimum absolute atomic E-state index is 0.0798. The van der Waals surface area contributed by atoms with Crippen molar-refractivity contribution in [3.63, 3.8) is 0 Å². The van der Waals surface area contributed by atoms with Crippen molar-refractivity contribution in [1.29, 1.82) is 0 Å². The molecule has 0 aliphatic carbocycles. The number of aryl methyl sites for hydroxylation is 3. The Morgan fingerprint density at radius 3 is 2.61 bits per heavy atom. The molecule has 0 saturated carbocycles. The van der Waals surface area contributed by atoms with Crippen LogP contribution in [-0.4, -0.2) is 42.3 Å². The van der Waals surface area contributed by atoms with Crippen LogP contribution in [0.5, 0.6) is 0 Å². The molecule has 2 aromatic carbocycles. The summed E-state index contributed by atoms with van der Waals surface area (Å²) in [4.78, 5) is 25.3. The first kappa shape index (κ1) is 19.2. The number of carbonyl (C=O) groups is 1. The predicted molar refractivity (Wildman–Crippen MR) is 119 cm³/mol. The second kappa shape index (κ2) is 7.19. The van der Waals surface area contributed by atoms with E-state index in [4.69, 9.17) is 4.98 Å². The molecule has 7 heteroatoms. The predicted octanol–water partition coefficient (Wildman–Crippen LogP) is 4.21. The van der Waals surface area contributed by atoms with Gasteiger partial charge in [-0.05, 0) is 68.1 Å². The summed E-state index contributed by atoms with van der Waals surface area (Å²) in [5.74, 6) is 0.710. The molecule has 31 heavy (non-hydrogen) atoms. The lowest BCUT2D eigenvalue weighted by molar-refractivity contribution is 0.0732. The molecule has 5 rings (SSSR count). The topological polar surface area (TPSA) is 79.7 Å². The summed E-state index contributed by atoms with van der Waals surface area (Å²) in [6.45, 7) is 10.8. The zero-order valence-corrected chi connectivity index (χ0v) is 17.9. The maximum absolute atomic E-state index is 13.7. The molecule has 1 aliphatic rings. The van der Waals surface area contributed by atoms with E-state index in [2.05, 4.69) is 47.7 Å². The summed E-state index contributed by atoms with van der Waals surface area (Å²) in [6, 6.07) is 9.72. The minimum atomic E-state index is -0.187. The van der Waals surface area contributed by atoms with Gasteiger partial charge in [-0.3, -0.25) is 4.79 Å². The van der Waals surface area contributed by atoms with Crippen molar-refractivity contribution in [1.82, 2.24) is 29.9 Å². The van der Waals surface area contributed by atoms with E-state index in [0.717, 1.165) is 28.0 Å². The number of benzene rings is 2. The number of aromatic amines is 1. The van der Waals surface area contributed by atoms with Gasteiger partial charge in [-0.25, -0.2) is 4.98 Å². The highest BCUT2D eigenvalue weighted by atomic mass is 16.2. The van der Waals surface area contributed by atoms with Crippen LogP contribution < -0.4 is 0 Å². The highest BCUT2D eigenvalue weighted by molar-refractivity contribution is 5.98. The van der Waals surface area contributed by atoms with E-state index in [-0.39, 0.29) is 11.9 Å². The van der Waals surface area contributed by atoms with Crippen molar-refractivity contribution in [2.24, 2.45) is 0 Å². The molecular weight excluding hydrogens is 388 g/mol. The van der Waals surface area contributed by atoms with E-state index in [1.165, 1.54) is 15.9 Å². The van der Waals surface area contributed by atoms with Crippen LogP contribution in [0.2, 0.25) is 0 Å². The Kier molecular flexibility index (Phi) is 4.46. The number of amides is 1. The first-order valence-electron chi connectivity index (χ1n) is 10.3. The first-order valence-corrected chi connectivity index (χ1v) is 10.3. The summed E-state index contributed by atoms with van der Waals surface area (Å²) in [7, 11) is 0. The summed E-state index contributed by atoms with van der Waals surface area (Å²) in [5.41, 5.74) is 7.59. The summed E-state index contributed by atoms with van der Waals surface area (Å²) in [6.07, 6.45) is 3.90. The number of aromatic nitrogens is 5. The third-order valence-electron chi connectivity index (χ3n) is 5.96. The molecule has 0 spiro atoms. The fraction of sp³-hybridized carbons (Fsp3) is 0.250. The molecular formula is C24H24N6O. The Morgan fingerprint density at radius 2 is 1.84 bits per heavy atom. The average Bonchev–Trinajstić information content (AvgIpc) is 3.47. The third kappa shape index (κ3) is 3.32. The van der Waals surface area contributed by atoms with Crippen molar-refractivity contribution in [3.05, 3.63) is 83.0 Å². The van der Waals surface area contributed by atoms with Crippen molar-refractivity contribution in [2.75, 3.05) is 6.54 Å². The van der Waals surface area contributed by atoms with E-state index >= 15 is 0 Å². The van der Waals surface area contributed by atoms with Crippen molar-refractivity contribution >= 4 is 16.9 Å². The standard InChI is InChI=1S/C24H24N6O/c1-14-5-6-18(21(9-14)30-25-7-8-26-30)24(31)29-13-15(2)10-22(29)23-27-19-11-16(3)17(4)12-20(19)28-23/h5-9,11-12,22H,2,10,13H2,1,3-4H3,(H,27,28). The lowest BCUT2D eigenvalue weighted by atomic mass is 10.1. The number of nitrogens with zero attached hydrogens (tertiary/aromatic N) is 5. The van der Waals surface area contributed by atoms with E-state index in [9.17, 15) is 4.79 Å². The quantitative estimate of drug-likeness (QED) is 0.511. The largest absolute Gasteiger partial charge is 0.340 e. The normalized spacial score (nSPS) is 16.4. The van der Waals surface area contributed by atoms with Crippen LogP contribution in [0.1, 0.15) is 45.3 Å². The molecule has 4 aromatic rings. The van der Waals surface area contributed by atoms with Crippen LogP contribution in [0.25, 0.3) is 16.7 Å². The van der Waals surface area contributed by atoms with Crippen LogP contribution in [0.15, 0.2) is 54.9 Å². The van der Waals surface area contributed by atoms with Gasteiger partial charge in [0, 0.05) is 6.54 Å². The Morgan fingerprint density at radius 1 is 1.10 bits per heavy atom. The smallest absolute Gasteiger partial charge is 0.257 e. The van der Waals surface area contributed by atoms with Crippen LogP contribution in [0.4, 0.5) is 0 Å². The number of nitrogens with one attached hydrogen (secondary N) is 1. The van der Waals surface area contributed by atoms with E-state index in [0.29, 0.717) is 24.2 Å². The molecule has 1 unspecified atom stereocenters. The monoisotopic (exact) mass is 412 g/mol. The average molecular weight is 412 g/mol. The molecule has 1 saturated heterocycles. The van der Waals surface area contributed by atoms with Crippen LogP contribution in [0, 0.1) is 20.8 Å². The molecule has 1 fully saturated rings. The summed E-state index contributed by atoms with van der Waals surface area (Å²) < 4.78 is 0. The van der Waals surface area contributed by atoms with E-state index < -0.39 is 0 Å². The maximum Gasteiger partial charge on any atom is 0.257 e.